The van der Waals surface area contributed by atoms with Crippen LogP contribution in [0.3, 0.4) is 0 Å². The number of aromatic nitrogens is 6. The highest BCUT2D eigenvalue weighted by Crippen LogP contribution is 2.47. The van der Waals surface area contributed by atoms with Crippen LogP contribution in [0.4, 0.5) is 0 Å². The van der Waals surface area contributed by atoms with E-state index in [2.05, 4.69) is 410 Å². The van der Waals surface area contributed by atoms with Crippen LogP contribution in [0.25, 0.3) is 220 Å². The van der Waals surface area contributed by atoms with Crippen LogP contribution in [-0.2, 0) is 0 Å². The van der Waals surface area contributed by atoms with Gasteiger partial charge in [-0.2, -0.15) is 0 Å². The maximum absolute atomic E-state index is 5.26. The van der Waals surface area contributed by atoms with Crippen molar-refractivity contribution in [2.24, 2.45) is 0 Å². The van der Waals surface area contributed by atoms with Crippen LogP contribution >= 0.6 is 0 Å². The van der Waals surface area contributed by atoms with E-state index < -0.39 is 0 Å². The third kappa shape index (κ3) is 11.3. The lowest BCUT2D eigenvalue weighted by atomic mass is 9.91. The maximum atomic E-state index is 5.26. The van der Waals surface area contributed by atoms with Crippen LogP contribution in [-0.4, -0.2) is 29.1 Å². The Labute approximate surface area is 657 Å². The molecule has 0 saturated carbocycles. The molecule has 0 spiro atoms. The van der Waals surface area contributed by atoms with E-state index in [-0.39, 0.29) is 0 Å². The molecule has 114 heavy (non-hydrogen) atoms. The molecule has 0 atom stereocenters. The lowest BCUT2D eigenvalue weighted by Gasteiger charge is -2.14. The Morgan fingerprint density at radius 3 is 0.956 bits per heavy atom. The Bertz CT molecular complexity index is 7640. The molecule has 0 radical (unpaired) electrons. The zero-order chi connectivity index (χ0) is 75.2. The molecule has 0 unspecified atom stereocenters. The Kier molecular flexibility index (Phi) is 15.8. The first-order valence-electron chi connectivity index (χ1n) is 38.9. The zero-order valence-electron chi connectivity index (χ0n) is 61.9. The van der Waals surface area contributed by atoms with Gasteiger partial charge in [0.1, 0.15) is 0 Å². The summed E-state index contributed by atoms with van der Waals surface area (Å²) in [5.41, 5.74) is 24.3. The van der Waals surface area contributed by atoms with Crippen molar-refractivity contribution < 1.29 is 0 Å². The number of para-hydroxylation sites is 2. The highest BCUT2D eigenvalue weighted by Gasteiger charge is 2.24. The van der Waals surface area contributed by atoms with Gasteiger partial charge < -0.3 is 9.13 Å². The van der Waals surface area contributed by atoms with Crippen LogP contribution in [0, 0.1) is 0 Å². The third-order valence-corrected chi connectivity index (χ3v) is 23.0. The Morgan fingerprint density at radius 2 is 0.482 bits per heavy atom. The van der Waals surface area contributed by atoms with Crippen LogP contribution < -0.4 is 0 Å². The van der Waals surface area contributed by atoms with Gasteiger partial charge in [-0.25, -0.2) is 19.9 Å². The van der Waals surface area contributed by atoms with E-state index in [4.69, 9.17) is 19.9 Å². The summed E-state index contributed by atoms with van der Waals surface area (Å²) in [7, 11) is 0. The van der Waals surface area contributed by atoms with Gasteiger partial charge in [-0.15, -0.1) is 0 Å². The van der Waals surface area contributed by atoms with Gasteiger partial charge in [-0.05, 0) is 189 Å². The number of fused-ring (bicyclic) bond motifs is 17. The van der Waals surface area contributed by atoms with Gasteiger partial charge in [0, 0.05) is 65.9 Å². The van der Waals surface area contributed by atoms with E-state index in [0.717, 1.165) is 66.8 Å². The molecule has 6 nitrogen and oxygen atoms in total. The topological polar surface area (TPSA) is 61.4 Å². The number of nitrogens with zero attached hydrogens (tertiary/aromatic N) is 6. The Hall–Kier alpha value is -15.2. The molecular weight excluding hydrogens is 1380 g/mol. The minimum atomic E-state index is 0.704. The second-order valence-corrected chi connectivity index (χ2v) is 29.5. The van der Waals surface area contributed by atoms with Crippen LogP contribution in [0.15, 0.2) is 413 Å². The van der Waals surface area contributed by atoms with Gasteiger partial charge >= 0.3 is 0 Å². The number of hydrogen-bond donors (Lipinski definition) is 0. The van der Waals surface area contributed by atoms with E-state index in [1.54, 1.807) is 0 Å². The first-order valence-corrected chi connectivity index (χ1v) is 38.9. The number of benzene rings is 19. The van der Waals surface area contributed by atoms with Crippen LogP contribution in [0.2, 0.25) is 0 Å². The van der Waals surface area contributed by atoms with E-state index in [1.807, 2.05) is 12.1 Å². The molecule has 0 bridgehead atoms. The van der Waals surface area contributed by atoms with Gasteiger partial charge in [-0.3, -0.25) is 0 Å². The molecule has 530 valence electrons. The summed E-state index contributed by atoms with van der Waals surface area (Å²) < 4.78 is 4.85. The van der Waals surface area contributed by atoms with Crippen LogP contribution in [0.1, 0.15) is 0 Å². The molecule has 0 aliphatic carbocycles. The summed E-state index contributed by atoms with van der Waals surface area (Å²) in [6.45, 7) is 0. The molecule has 0 fully saturated rings. The fourth-order valence-electron chi connectivity index (χ4n) is 17.6. The minimum absolute atomic E-state index is 0.704. The van der Waals surface area contributed by atoms with Crippen molar-refractivity contribution in [3.63, 3.8) is 0 Å². The maximum Gasteiger partial charge on any atom is 0.160 e. The standard InChI is InChI=1S/C56H35N3.C52H33N3/c1-2-13-36(14-3-1)37-25-27-40(28-26-37)55-48-22-10-11-24-50(48)57-56(58-55)41-29-32-42(33-30-41)59-51-34-31-39-16-5-7-19-44(39)53(51)54-47-21-9-8-20-46(47)49(35-52(54)59)45-23-12-17-38-15-4-6-18-43(38)45;1-2-11-34(12-3-1)40-15-10-16-41(33-40)35-21-23-38(24-22-35)51-45-19-8-9-20-46(45)53-52(54-51)39-25-29-42(30-26-39)55-47-31-27-36-13-4-6-17-43(36)49(47)50-44-18-7-5-14-37(44)28-32-48(50)55/h1-35H;1-33H. The molecule has 0 amide bonds. The largest absolute Gasteiger partial charge is 0.309 e. The van der Waals surface area contributed by atoms with E-state index in [9.17, 15) is 0 Å². The van der Waals surface area contributed by atoms with Gasteiger partial charge in [-0.1, -0.05) is 322 Å². The highest BCUT2D eigenvalue weighted by molar-refractivity contribution is 6.31. The summed E-state index contributed by atoms with van der Waals surface area (Å²) >= 11 is 0. The smallest absolute Gasteiger partial charge is 0.160 e. The molecule has 0 aliphatic heterocycles. The summed E-state index contributed by atoms with van der Waals surface area (Å²) in [6.07, 6.45) is 0. The fourth-order valence-corrected chi connectivity index (χ4v) is 17.6. The summed E-state index contributed by atoms with van der Waals surface area (Å²) in [5, 5.41) is 19.7. The van der Waals surface area contributed by atoms with Crippen molar-refractivity contribution in [3.05, 3.63) is 413 Å². The average Bonchev–Trinajstić information content (AvgIpc) is 1.55. The molecule has 0 N–H and O–H groups in total. The lowest BCUT2D eigenvalue weighted by Crippen LogP contribution is -1.97. The van der Waals surface area contributed by atoms with E-state index in [0.29, 0.717) is 11.6 Å². The van der Waals surface area contributed by atoms with E-state index in [1.165, 1.54) is 142 Å². The highest BCUT2D eigenvalue weighted by atomic mass is 15.0. The molecule has 23 aromatic rings. The molecule has 0 saturated heterocycles. The Balaban J connectivity index is 0.000000139. The second kappa shape index (κ2) is 27.4. The first-order chi connectivity index (χ1) is 56.5. The van der Waals surface area contributed by atoms with Crippen molar-refractivity contribution in [2.75, 3.05) is 0 Å². The molecule has 23 rings (SSSR count). The van der Waals surface area contributed by atoms with Crippen molar-refractivity contribution >= 4 is 119 Å². The molecule has 4 aromatic heterocycles. The number of hydrogen-bond acceptors (Lipinski definition) is 4. The second-order valence-electron chi connectivity index (χ2n) is 29.5. The van der Waals surface area contributed by atoms with Crippen molar-refractivity contribution in [3.8, 4) is 101 Å². The van der Waals surface area contributed by atoms with Gasteiger partial charge in [0.2, 0.25) is 0 Å². The predicted octanol–water partition coefficient (Wildman–Crippen LogP) is 28.6. The normalized spacial score (nSPS) is 11.7. The van der Waals surface area contributed by atoms with Gasteiger partial charge in [0.05, 0.1) is 44.5 Å². The summed E-state index contributed by atoms with van der Waals surface area (Å²) in [5.74, 6) is 1.41. The molecular formula is C108H68N6. The number of rotatable bonds is 10. The van der Waals surface area contributed by atoms with Crippen molar-refractivity contribution in [2.45, 2.75) is 0 Å². The molecule has 4 heterocycles. The third-order valence-electron chi connectivity index (χ3n) is 23.0. The first kappa shape index (κ1) is 65.8. The summed E-state index contributed by atoms with van der Waals surface area (Å²) in [4.78, 5) is 20.7. The minimum Gasteiger partial charge on any atom is -0.309 e. The SMILES string of the molecule is c1ccc(-c2ccc(-c3nc(-c4ccc(-n5c6ccc7ccccc7c6c6c7ccccc7c(-c7cccc8ccccc78)cc65)cc4)nc4ccccc34)cc2)cc1.c1ccc(-c2cccc(-c3ccc(-c4nc(-c5ccc(-n6c7ccc8ccccc8c7c7c8ccccc8ccc76)cc5)nc5ccccc45)cc3)c2)cc1. The van der Waals surface area contributed by atoms with Gasteiger partial charge in [0.25, 0.3) is 0 Å². The zero-order valence-corrected chi connectivity index (χ0v) is 61.9. The molecule has 0 aliphatic rings. The monoisotopic (exact) mass is 1450 g/mol. The fraction of sp³-hybridized carbons (Fsp3) is 0. The van der Waals surface area contributed by atoms with E-state index >= 15 is 0 Å². The average molecular weight is 1450 g/mol. The van der Waals surface area contributed by atoms with Crippen molar-refractivity contribution in [1.29, 1.82) is 0 Å². The predicted molar refractivity (Wildman–Crippen MR) is 479 cm³/mol. The summed E-state index contributed by atoms with van der Waals surface area (Å²) in [6, 6.07) is 148. The lowest BCUT2D eigenvalue weighted by molar-refractivity contribution is 1.17. The molecule has 6 heteroatoms. The Morgan fingerprint density at radius 1 is 0.167 bits per heavy atom. The molecule has 19 aromatic carbocycles. The van der Waals surface area contributed by atoms with Crippen molar-refractivity contribution in [1.82, 2.24) is 29.1 Å². The quantitative estimate of drug-likeness (QED) is 0.137. The van der Waals surface area contributed by atoms with Crippen LogP contribution in [0.5, 0.6) is 0 Å². The van der Waals surface area contributed by atoms with Gasteiger partial charge in [0.15, 0.2) is 11.6 Å².